The molecule has 0 saturated heterocycles. The monoisotopic (exact) mass is 238 g/mol. The van der Waals surface area contributed by atoms with Crippen LogP contribution in [-0.4, -0.2) is 0 Å². The Morgan fingerprint density at radius 3 is 1.17 bits per heavy atom. The summed E-state index contributed by atoms with van der Waals surface area (Å²) in [6.45, 7) is 0. The predicted molar refractivity (Wildman–Crippen MR) is 23.6 cm³/mol. The average Bonchev–Trinajstić information content (AvgIpc) is 1.41. The van der Waals surface area contributed by atoms with Crippen molar-refractivity contribution in [2.24, 2.45) is 0 Å². The standard InChI is InChI=1S/3ClH.HNO.Ru/c;;;1-2;/h3*1H;1H;/q;;;;+3/p-3. The van der Waals surface area contributed by atoms with Gasteiger partial charge in [-0.25, -0.2) is 0 Å². The molecule has 6 heteroatoms. The number of halogens is 3. The van der Waals surface area contributed by atoms with Crippen molar-refractivity contribution in [2.45, 2.75) is 0 Å². The average molecular weight is 238 g/mol. The first kappa shape index (κ1) is 10.2. The van der Waals surface area contributed by atoms with E-state index in [0.717, 1.165) is 0 Å². The topological polar surface area (TPSA) is 40.9 Å². The third kappa shape index (κ3) is 71.4. The third-order valence-corrected chi connectivity index (χ3v) is 0. The molecule has 0 aliphatic carbocycles. The summed E-state index contributed by atoms with van der Waals surface area (Å²) in [7, 11) is 14.8. The van der Waals surface area contributed by atoms with Crippen molar-refractivity contribution >= 4 is 29.1 Å². The van der Waals surface area contributed by atoms with Crippen LogP contribution < -0.4 is 0 Å². The quantitative estimate of drug-likeness (QED) is 0.511. The second-order valence-corrected chi connectivity index (χ2v) is 8.07. The van der Waals surface area contributed by atoms with E-state index < -0.39 is 13.0 Å². The Kier molecular flexibility index (Phi) is 16.0. The van der Waals surface area contributed by atoms with Crippen LogP contribution in [0.4, 0.5) is 0 Å². The van der Waals surface area contributed by atoms with Gasteiger partial charge >= 0.3 is 42.1 Å². The van der Waals surface area contributed by atoms with E-state index in [1.807, 2.05) is 0 Å². The van der Waals surface area contributed by atoms with Gasteiger partial charge in [0.1, 0.15) is 0 Å². The van der Waals surface area contributed by atoms with E-state index in [1.165, 1.54) is 0 Å². The van der Waals surface area contributed by atoms with Gasteiger partial charge in [-0.1, -0.05) is 5.59 Å². The molecule has 0 fully saturated rings. The van der Waals surface area contributed by atoms with Crippen LogP contribution in [0.15, 0.2) is 0 Å². The fourth-order valence-corrected chi connectivity index (χ4v) is 0. The molecule has 0 atom stereocenters. The molecule has 0 aromatic rings. The van der Waals surface area contributed by atoms with E-state index in [9.17, 15) is 0 Å². The summed E-state index contributed by atoms with van der Waals surface area (Å²) in [5.74, 6) is 0. The number of rotatable bonds is 0. The van der Waals surface area contributed by atoms with Crippen molar-refractivity contribution in [3.8, 4) is 0 Å². The summed E-state index contributed by atoms with van der Waals surface area (Å²) < 4.78 is 0. The van der Waals surface area contributed by atoms with Crippen molar-refractivity contribution in [3.63, 3.8) is 0 Å². The zero-order valence-corrected chi connectivity index (χ0v) is 6.40. The van der Waals surface area contributed by atoms with Crippen molar-refractivity contribution in [1.29, 1.82) is 5.59 Å². The molecule has 0 spiro atoms. The van der Waals surface area contributed by atoms with Crippen LogP contribution >= 0.6 is 29.1 Å². The van der Waals surface area contributed by atoms with E-state index in [2.05, 4.69) is 5.59 Å². The summed E-state index contributed by atoms with van der Waals surface area (Å²) in [6.07, 6.45) is 0. The number of hydrogen-bond acceptors (Lipinski definition) is 2. The van der Waals surface area contributed by atoms with Gasteiger partial charge in [0.25, 0.3) is 0 Å². The van der Waals surface area contributed by atoms with E-state index in [4.69, 9.17) is 34.0 Å². The third-order valence-electron chi connectivity index (χ3n) is 0. The van der Waals surface area contributed by atoms with Crippen molar-refractivity contribution in [2.75, 3.05) is 0 Å². The van der Waals surface area contributed by atoms with Crippen molar-refractivity contribution < 1.29 is 13.0 Å². The fourth-order valence-electron chi connectivity index (χ4n) is 0. The number of nitrogens with one attached hydrogen (secondary N) is 1. The van der Waals surface area contributed by atoms with Crippen LogP contribution in [-0.2, 0) is 13.0 Å². The minimum absolute atomic E-state index is 1.75. The van der Waals surface area contributed by atoms with Crippen molar-refractivity contribution in [1.82, 2.24) is 0 Å². The summed E-state index contributed by atoms with van der Waals surface area (Å²) in [6, 6.07) is 0. The van der Waals surface area contributed by atoms with E-state index in [1.54, 1.807) is 0 Å². The van der Waals surface area contributed by atoms with Crippen LogP contribution in [0, 0.1) is 10.5 Å². The Balaban J connectivity index is 0. The maximum absolute atomic E-state index is 7.50. The molecule has 41 valence electrons. The van der Waals surface area contributed by atoms with Gasteiger partial charge in [-0.05, 0) is 0 Å². The number of hydrogen-bond donors (Lipinski definition) is 1. The minimum atomic E-state index is -1.75. The van der Waals surface area contributed by atoms with Gasteiger partial charge < -0.3 is 0 Å². The predicted octanol–water partition coefficient (Wildman–Crippen LogP) is 2.40. The summed E-state index contributed by atoms with van der Waals surface area (Å²) in [5, 5.41) is 0. The molecule has 2 nitrogen and oxygen atoms in total. The molecule has 0 bridgehead atoms. The van der Waals surface area contributed by atoms with Gasteiger partial charge in [-0.15, -0.1) is 0 Å². The Morgan fingerprint density at radius 1 is 1.17 bits per heavy atom. The first-order valence-corrected chi connectivity index (χ1v) is 7.32. The Bertz CT molecular complexity index is 22.0. The molecule has 0 rings (SSSR count). The molecule has 0 amide bonds. The van der Waals surface area contributed by atoms with Crippen LogP contribution in [0.5, 0.6) is 0 Å². The molecular formula is HCl3NORu. The van der Waals surface area contributed by atoms with Gasteiger partial charge in [-0.2, -0.15) is 4.91 Å². The molecule has 0 aromatic carbocycles. The summed E-state index contributed by atoms with van der Waals surface area (Å²) in [4.78, 5) is 7.50. The van der Waals surface area contributed by atoms with Crippen LogP contribution in [0.1, 0.15) is 0 Å². The first-order valence-electron chi connectivity index (χ1n) is 0.605. The molecule has 0 unspecified atom stereocenters. The molecule has 0 aliphatic heterocycles. The van der Waals surface area contributed by atoms with Crippen LogP contribution in [0.25, 0.3) is 0 Å². The Morgan fingerprint density at radius 2 is 1.17 bits per heavy atom. The molecule has 0 radical (unpaired) electrons. The summed E-state index contributed by atoms with van der Waals surface area (Å²) in [5.41, 5.74) is 4.50. The fraction of sp³-hybridized carbons (Fsp3) is 0. The van der Waals surface area contributed by atoms with Gasteiger partial charge in [0.2, 0.25) is 0 Å². The molecule has 0 aromatic heterocycles. The Labute approximate surface area is 52.6 Å². The number of nitroso groups, excluding NO2 is 1. The molecule has 0 heterocycles. The van der Waals surface area contributed by atoms with Gasteiger partial charge in [0.05, 0.1) is 0 Å². The summed E-state index contributed by atoms with van der Waals surface area (Å²) >= 11 is -1.75. The second kappa shape index (κ2) is 9.43. The normalized spacial score (nSPS) is 8.17. The first-order chi connectivity index (χ1) is 2.73. The molecule has 6 heavy (non-hydrogen) atoms. The van der Waals surface area contributed by atoms with Crippen LogP contribution in [0.2, 0.25) is 0 Å². The second-order valence-electron chi connectivity index (χ2n) is 0.152. The van der Waals surface area contributed by atoms with E-state index in [-0.39, 0.29) is 0 Å². The van der Waals surface area contributed by atoms with Gasteiger partial charge in [-0.3, -0.25) is 0 Å². The molecule has 1 N–H and O–H groups in total. The Hall–Kier alpha value is 1.09. The molecular weight excluding hydrogens is 237 g/mol. The van der Waals surface area contributed by atoms with Gasteiger partial charge in [0.15, 0.2) is 0 Å². The van der Waals surface area contributed by atoms with Crippen LogP contribution in [0.3, 0.4) is 0 Å². The van der Waals surface area contributed by atoms with E-state index >= 15 is 0 Å². The van der Waals surface area contributed by atoms with Gasteiger partial charge in [0, 0.05) is 0 Å². The zero-order chi connectivity index (χ0) is 5.58. The maximum atomic E-state index is 7.50. The molecule has 0 aliphatic rings. The molecule has 0 saturated carbocycles. The van der Waals surface area contributed by atoms with Crippen molar-refractivity contribution in [3.05, 3.63) is 4.91 Å². The zero-order valence-electron chi connectivity index (χ0n) is 2.40. The SMILES string of the molecule is N=O.[Cl][Ru]([Cl])[Cl]. The van der Waals surface area contributed by atoms with E-state index in [0.29, 0.717) is 0 Å².